The Morgan fingerprint density at radius 3 is 3.06 bits per heavy atom. The van der Waals surface area contributed by atoms with Crippen LogP contribution >= 0.6 is 11.6 Å². The lowest BCUT2D eigenvalue weighted by Crippen LogP contribution is -2.30. The van der Waals surface area contributed by atoms with Crippen molar-refractivity contribution in [2.45, 2.75) is 32.2 Å². The van der Waals surface area contributed by atoms with Crippen LogP contribution in [-0.2, 0) is 11.3 Å². The number of rotatable bonds is 2. The van der Waals surface area contributed by atoms with Gasteiger partial charge in [0.1, 0.15) is 0 Å². The minimum absolute atomic E-state index is 0.235. The van der Waals surface area contributed by atoms with Crippen LogP contribution in [0.1, 0.15) is 31.4 Å². The summed E-state index contributed by atoms with van der Waals surface area (Å²) in [6.07, 6.45) is 5.59. The predicted molar refractivity (Wildman–Crippen MR) is 63.1 cm³/mol. The predicted octanol–water partition coefficient (Wildman–Crippen LogP) is 2.64. The second-order valence-corrected chi connectivity index (χ2v) is 4.53. The molecule has 2 heterocycles. The summed E-state index contributed by atoms with van der Waals surface area (Å²) in [4.78, 5) is 17.9. The highest BCUT2D eigenvalue weighted by Crippen LogP contribution is 2.15. The zero-order valence-corrected chi connectivity index (χ0v) is 9.91. The molecular weight excluding hydrogens is 224 g/mol. The first kappa shape index (κ1) is 11.4. The largest absolute Gasteiger partial charge is 0.337 e. The van der Waals surface area contributed by atoms with Crippen LogP contribution in [-0.4, -0.2) is 22.3 Å². The number of pyridine rings is 1. The standard InChI is InChI=1S/C12H15ClN2O/c13-10-5-6-14-11(8-10)9-15-7-3-1-2-4-12(15)16/h5-6,8H,1-4,7,9H2. The molecule has 1 aromatic heterocycles. The van der Waals surface area contributed by atoms with E-state index >= 15 is 0 Å². The van der Waals surface area contributed by atoms with Gasteiger partial charge in [-0.25, -0.2) is 0 Å². The Labute approximate surface area is 100 Å². The Hall–Kier alpha value is -1.09. The van der Waals surface area contributed by atoms with Crippen molar-refractivity contribution in [3.05, 3.63) is 29.0 Å². The Bertz CT molecular complexity index is 381. The molecule has 1 saturated heterocycles. The van der Waals surface area contributed by atoms with Crippen molar-refractivity contribution in [3.8, 4) is 0 Å². The smallest absolute Gasteiger partial charge is 0.222 e. The van der Waals surface area contributed by atoms with E-state index in [4.69, 9.17) is 11.6 Å². The molecular formula is C12H15ClN2O. The second-order valence-electron chi connectivity index (χ2n) is 4.09. The van der Waals surface area contributed by atoms with E-state index in [9.17, 15) is 4.79 Å². The van der Waals surface area contributed by atoms with Crippen LogP contribution in [0, 0.1) is 0 Å². The second kappa shape index (κ2) is 5.30. The lowest BCUT2D eigenvalue weighted by Gasteiger charge is -2.19. The number of carbonyl (C=O) groups is 1. The first-order valence-corrected chi connectivity index (χ1v) is 6.02. The number of hydrogen-bond acceptors (Lipinski definition) is 2. The molecule has 0 saturated carbocycles. The summed E-state index contributed by atoms with van der Waals surface area (Å²) in [6, 6.07) is 3.56. The molecule has 0 spiro atoms. The zero-order valence-electron chi connectivity index (χ0n) is 9.16. The van der Waals surface area contributed by atoms with Gasteiger partial charge in [-0.3, -0.25) is 9.78 Å². The number of aromatic nitrogens is 1. The molecule has 0 radical (unpaired) electrons. The van der Waals surface area contributed by atoms with Gasteiger partial charge < -0.3 is 4.90 Å². The van der Waals surface area contributed by atoms with Crippen LogP contribution in [0.25, 0.3) is 0 Å². The molecule has 2 rings (SSSR count). The van der Waals surface area contributed by atoms with Crippen molar-refractivity contribution in [3.63, 3.8) is 0 Å². The van der Waals surface area contributed by atoms with Gasteiger partial charge in [-0.05, 0) is 25.0 Å². The van der Waals surface area contributed by atoms with E-state index in [0.29, 0.717) is 18.0 Å². The number of nitrogens with zero attached hydrogens (tertiary/aromatic N) is 2. The third kappa shape index (κ3) is 2.95. The van der Waals surface area contributed by atoms with Gasteiger partial charge >= 0.3 is 0 Å². The summed E-state index contributed by atoms with van der Waals surface area (Å²) < 4.78 is 0. The molecule has 0 bridgehead atoms. The summed E-state index contributed by atoms with van der Waals surface area (Å²) in [5.74, 6) is 0.235. The van der Waals surface area contributed by atoms with Crippen molar-refractivity contribution < 1.29 is 4.79 Å². The molecule has 1 aliphatic heterocycles. The van der Waals surface area contributed by atoms with Crippen LogP contribution in [0.4, 0.5) is 0 Å². The molecule has 0 unspecified atom stereocenters. The van der Waals surface area contributed by atoms with Crippen molar-refractivity contribution >= 4 is 17.5 Å². The summed E-state index contributed by atoms with van der Waals surface area (Å²) in [5, 5.41) is 0.673. The molecule has 0 aliphatic carbocycles. The van der Waals surface area contributed by atoms with E-state index in [1.165, 1.54) is 0 Å². The maximum Gasteiger partial charge on any atom is 0.222 e. The maximum absolute atomic E-state index is 11.8. The molecule has 16 heavy (non-hydrogen) atoms. The van der Waals surface area contributed by atoms with E-state index in [1.807, 2.05) is 11.0 Å². The van der Waals surface area contributed by atoms with Gasteiger partial charge in [-0.2, -0.15) is 0 Å². The average molecular weight is 239 g/mol. The van der Waals surface area contributed by atoms with E-state index < -0.39 is 0 Å². The van der Waals surface area contributed by atoms with Gasteiger partial charge in [-0.15, -0.1) is 0 Å². The highest BCUT2D eigenvalue weighted by Gasteiger charge is 2.16. The van der Waals surface area contributed by atoms with Gasteiger partial charge in [0.15, 0.2) is 0 Å². The third-order valence-corrected chi connectivity index (χ3v) is 3.04. The summed E-state index contributed by atoms with van der Waals surface area (Å²) in [7, 11) is 0. The fraction of sp³-hybridized carbons (Fsp3) is 0.500. The normalized spacial score (nSPS) is 17.3. The number of likely N-dealkylation sites (tertiary alicyclic amines) is 1. The molecule has 86 valence electrons. The van der Waals surface area contributed by atoms with Crippen LogP contribution in [0.3, 0.4) is 0 Å². The lowest BCUT2D eigenvalue weighted by molar-refractivity contribution is -0.131. The average Bonchev–Trinajstić information content (AvgIpc) is 2.45. The first-order chi connectivity index (χ1) is 7.75. The molecule has 3 nitrogen and oxygen atoms in total. The van der Waals surface area contributed by atoms with E-state index in [1.54, 1.807) is 12.3 Å². The van der Waals surface area contributed by atoms with Gasteiger partial charge in [-0.1, -0.05) is 18.0 Å². The van der Waals surface area contributed by atoms with Crippen molar-refractivity contribution in [2.75, 3.05) is 6.54 Å². The van der Waals surface area contributed by atoms with Crippen LogP contribution in [0.2, 0.25) is 5.02 Å². The van der Waals surface area contributed by atoms with E-state index in [0.717, 1.165) is 31.5 Å². The summed E-state index contributed by atoms with van der Waals surface area (Å²) in [5.41, 5.74) is 0.864. The fourth-order valence-corrected chi connectivity index (χ4v) is 2.12. The van der Waals surface area contributed by atoms with Gasteiger partial charge in [0.25, 0.3) is 0 Å². The molecule has 0 atom stereocenters. The Kier molecular flexibility index (Phi) is 3.78. The van der Waals surface area contributed by atoms with Gasteiger partial charge in [0.2, 0.25) is 5.91 Å². The Balaban J connectivity index is 2.05. The molecule has 1 fully saturated rings. The number of carbonyl (C=O) groups excluding carboxylic acids is 1. The monoisotopic (exact) mass is 238 g/mol. The third-order valence-electron chi connectivity index (χ3n) is 2.80. The van der Waals surface area contributed by atoms with Crippen LogP contribution in [0.5, 0.6) is 0 Å². The molecule has 0 aromatic carbocycles. The van der Waals surface area contributed by atoms with E-state index in [2.05, 4.69) is 4.98 Å². The first-order valence-electron chi connectivity index (χ1n) is 5.64. The lowest BCUT2D eigenvalue weighted by atomic mass is 10.2. The number of halogens is 1. The zero-order chi connectivity index (χ0) is 11.4. The SMILES string of the molecule is O=C1CCCCCN1Cc1cc(Cl)ccn1. The minimum atomic E-state index is 0.235. The van der Waals surface area contributed by atoms with Crippen molar-refractivity contribution in [1.29, 1.82) is 0 Å². The summed E-state index contributed by atoms with van der Waals surface area (Å²) >= 11 is 5.89. The molecule has 1 aliphatic rings. The van der Waals surface area contributed by atoms with Crippen molar-refractivity contribution in [2.24, 2.45) is 0 Å². The minimum Gasteiger partial charge on any atom is -0.337 e. The highest BCUT2D eigenvalue weighted by molar-refractivity contribution is 6.30. The van der Waals surface area contributed by atoms with Crippen molar-refractivity contribution in [1.82, 2.24) is 9.88 Å². The van der Waals surface area contributed by atoms with E-state index in [-0.39, 0.29) is 5.91 Å². The quantitative estimate of drug-likeness (QED) is 0.794. The molecule has 1 aromatic rings. The summed E-state index contributed by atoms with van der Waals surface area (Å²) in [6.45, 7) is 1.42. The van der Waals surface area contributed by atoms with Gasteiger partial charge in [0.05, 0.1) is 12.2 Å². The Morgan fingerprint density at radius 2 is 2.25 bits per heavy atom. The molecule has 1 amide bonds. The fourth-order valence-electron chi connectivity index (χ4n) is 1.94. The molecule has 4 heteroatoms. The number of amides is 1. The van der Waals surface area contributed by atoms with Gasteiger partial charge in [0, 0.05) is 24.2 Å². The van der Waals surface area contributed by atoms with Crippen LogP contribution < -0.4 is 0 Å². The maximum atomic E-state index is 11.8. The number of hydrogen-bond donors (Lipinski definition) is 0. The molecule has 0 N–H and O–H groups in total. The van der Waals surface area contributed by atoms with Crippen LogP contribution in [0.15, 0.2) is 18.3 Å². The topological polar surface area (TPSA) is 33.2 Å². The highest BCUT2D eigenvalue weighted by atomic mass is 35.5. The Morgan fingerprint density at radius 1 is 1.38 bits per heavy atom.